The minimum Gasteiger partial charge on any atom is -0.363 e. The minimum atomic E-state index is -2.85. The summed E-state index contributed by atoms with van der Waals surface area (Å²) in [7, 11) is 0. The van der Waals surface area contributed by atoms with Gasteiger partial charge in [0.15, 0.2) is 5.78 Å². The summed E-state index contributed by atoms with van der Waals surface area (Å²) in [6, 6.07) is 12.1. The molecule has 6 heteroatoms. The summed E-state index contributed by atoms with van der Waals surface area (Å²) in [6.45, 7) is 1.75. The number of carbonyl (C=O) groups is 1. The van der Waals surface area contributed by atoms with E-state index in [9.17, 15) is 18.0 Å². The van der Waals surface area contributed by atoms with Crippen LogP contribution < -0.4 is 5.32 Å². The van der Waals surface area contributed by atoms with Gasteiger partial charge in [-0.1, -0.05) is 18.2 Å². The number of ketones is 1. The molecule has 1 unspecified atom stereocenters. The maximum Gasteiger partial charge on any atom is 0.258 e. The summed E-state index contributed by atoms with van der Waals surface area (Å²) in [5, 5.41) is 4.56. The third-order valence-electron chi connectivity index (χ3n) is 4.89. The molecule has 1 fully saturated rings. The molecule has 1 aromatic heterocycles. The van der Waals surface area contributed by atoms with Crippen molar-refractivity contribution >= 4 is 22.4 Å². The number of halogens is 3. The van der Waals surface area contributed by atoms with Crippen molar-refractivity contribution in [2.45, 2.75) is 19.3 Å². The number of aryl methyl sites for hydroxylation is 1. The van der Waals surface area contributed by atoms with Gasteiger partial charge >= 0.3 is 0 Å². The summed E-state index contributed by atoms with van der Waals surface area (Å²) < 4.78 is 39.4. The molecule has 0 amide bonds. The lowest BCUT2D eigenvalue weighted by atomic mass is 9.98. The molecule has 0 aliphatic heterocycles. The lowest BCUT2D eigenvalue weighted by molar-refractivity contribution is -0.120. The van der Waals surface area contributed by atoms with Crippen molar-refractivity contribution < 1.29 is 18.0 Å². The Labute approximate surface area is 154 Å². The van der Waals surface area contributed by atoms with Crippen molar-refractivity contribution in [3.8, 4) is 11.1 Å². The summed E-state index contributed by atoms with van der Waals surface area (Å²) in [4.78, 5) is 16.0. The van der Waals surface area contributed by atoms with Gasteiger partial charge in [0, 0.05) is 18.0 Å². The number of anilines is 1. The number of rotatable bonds is 5. The van der Waals surface area contributed by atoms with Crippen LogP contribution in [0.2, 0.25) is 0 Å². The predicted octanol–water partition coefficient (Wildman–Crippen LogP) is 4.99. The Morgan fingerprint density at radius 1 is 1.19 bits per heavy atom. The van der Waals surface area contributed by atoms with Gasteiger partial charge in [0.2, 0.25) is 0 Å². The van der Waals surface area contributed by atoms with Gasteiger partial charge in [-0.15, -0.1) is 0 Å². The topological polar surface area (TPSA) is 42.0 Å². The number of benzene rings is 2. The number of pyridine rings is 1. The van der Waals surface area contributed by atoms with Gasteiger partial charge < -0.3 is 5.32 Å². The van der Waals surface area contributed by atoms with Gasteiger partial charge in [-0.2, -0.15) is 0 Å². The quantitative estimate of drug-likeness (QED) is 0.688. The van der Waals surface area contributed by atoms with Crippen molar-refractivity contribution in [2.24, 2.45) is 5.92 Å². The largest absolute Gasteiger partial charge is 0.363 e. The zero-order valence-electron chi connectivity index (χ0n) is 14.6. The normalized spacial score (nSPS) is 17.7. The standard InChI is InChI=1S/C21H17F3N2O/c1-12-2-5-16(22)8-17(12)14-4-3-13-7-20(25-10-15(13)6-14)26-11-19(27)18-9-21(18,23)24/h2-8,10,18H,9,11H2,1H3,(H,25,26). The summed E-state index contributed by atoms with van der Waals surface area (Å²) in [6.07, 6.45) is 1.28. The summed E-state index contributed by atoms with van der Waals surface area (Å²) in [5.74, 6) is -4.35. The molecule has 0 bridgehead atoms. The first-order chi connectivity index (χ1) is 12.8. The highest BCUT2D eigenvalue weighted by molar-refractivity contribution is 5.91. The van der Waals surface area contributed by atoms with E-state index < -0.39 is 17.6 Å². The molecule has 1 atom stereocenters. The van der Waals surface area contributed by atoms with E-state index in [0.717, 1.165) is 27.5 Å². The second-order valence-corrected chi connectivity index (χ2v) is 6.93. The molecule has 4 rings (SSSR count). The molecular weight excluding hydrogens is 353 g/mol. The number of fused-ring (bicyclic) bond motifs is 1. The SMILES string of the molecule is Cc1ccc(F)cc1-c1ccc2cc(NCC(=O)C3CC3(F)F)ncc2c1. The van der Waals surface area contributed by atoms with Crippen molar-refractivity contribution in [1.29, 1.82) is 0 Å². The minimum absolute atomic E-state index is 0.167. The zero-order valence-corrected chi connectivity index (χ0v) is 14.6. The molecule has 3 aromatic rings. The molecule has 2 aromatic carbocycles. The number of hydrogen-bond donors (Lipinski definition) is 1. The highest BCUT2D eigenvalue weighted by Gasteiger charge is 2.60. The van der Waals surface area contributed by atoms with Crippen molar-refractivity contribution in [3.05, 3.63) is 60.0 Å². The molecule has 0 saturated heterocycles. The van der Waals surface area contributed by atoms with Crippen LogP contribution >= 0.6 is 0 Å². The van der Waals surface area contributed by atoms with E-state index in [0.29, 0.717) is 5.82 Å². The van der Waals surface area contributed by atoms with Crippen LogP contribution in [0.15, 0.2) is 48.7 Å². The number of hydrogen-bond acceptors (Lipinski definition) is 3. The monoisotopic (exact) mass is 370 g/mol. The molecule has 27 heavy (non-hydrogen) atoms. The zero-order chi connectivity index (χ0) is 19.2. The molecule has 1 aliphatic carbocycles. The number of Topliss-reactive ketones (excluding diaryl/α,β-unsaturated/α-hetero) is 1. The smallest absolute Gasteiger partial charge is 0.258 e. The second-order valence-electron chi connectivity index (χ2n) is 6.93. The fourth-order valence-electron chi connectivity index (χ4n) is 3.17. The fourth-order valence-corrected chi connectivity index (χ4v) is 3.17. The number of aromatic nitrogens is 1. The Morgan fingerprint density at radius 2 is 1.96 bits per heavy atom. The number of nitrogens with zero attached hydrogens (tertiary/aromatic N) is 1. The number of alkyl halides is 2. The van der Waals surface area contributed by atoms with Crippen molar-refractivity contribution in [3.63, 3.8) is 0 Å². The lowest BCUT2D eigenvalue weighted by Crippen LogP contribution is -2.18. The van der Waals surface area contributed by atoms with Crippen LogP contribution in [0, 0.1) is 18.7 Å². The molecule has 1 aliphatic rings. The number of nitrogens with one attached hydrogen (secondary N) is 1. The summed E-state index contributed by atoms with van der Waals surface area (Å²) >= 11 is 0. The number of carbonyl (C=O) groups excluding carboxylic acids is 1. The maximum atomic E-state index is 13.6. The van der Waals surface area contributed by atoms with Crippen LogP contribution in [0.25, 0.3) is 21.9 Å². The van der Waals surface area contributed by atoms with Crippen LogP contribution in [-0.2, 0) is 4.79 Å². The third kappa shape index (κ3) is 3.52. The Kier molecular flexibility index (Phi) is 4.13. The second kappa shape index (κ2) is 6.37. The molecule has 0 radical (unpaired) electrons. The Morgan fingerprint density at radius 3 is 2.70 bits per heavy atom. The summed E-state index contributed by atoms with van der Waals surface area (Å²) in [5.41, 5.74) is 2.67. The predicted molar refractivity (Wildman–Crippen MR) is 98.4 cm³/mol. The van der Waals surface area contributed by atoms with Crippen LogP contribution in [0.5, 0.6) is 0 Å². The van der Waals surface area contributed by atoms with E-state index in [-0.39, 0.29) is 18.8 Å². The Balaban J connectivity index is 1.54. The van der Waals surface area contributed by atoms with Crippen LogP contribution in [0.1, 0.15) is 12.0 Å². The van der Waals surface area contributed by atoms with E-state index in [4.69, 9.17) is 0 Å². The first-order valence-electron chi connectivity index (χ1n) is 8.64. The van der Waals surface area contributed by atoms with Gasteiger partial charge in [-0.05, 0) is 53.3 Å². The molecule has 1 saturated carbocycles. The van der Waals surface area contributed by atoms with Crippen LogP contribution in [0.4, 0.5) is 19.0 Å². The van der Waals surface area contributed by atoms with E-state index in [1.807, 2.05) is 25.1 Å². The van der Waals surface area contributed by atoms with E-state index in [1.165, 1.54) is 12.1 Å². The van der Waals surface area contributed by atoms with Crippen molar-refractivity contribution in [2.75, 3.05) is 11.9 Å². The van der Waals surface area contributed by atoms with Gasteiger partial charge in [0.25, 0.3) is 5.92 Å². The van der Waals surface area contributed by atoms with Gasteiger partial charge in [0.05, 0.1) is 12.5 Å². The first-order valence-corrected chi connectivity index (χ1v) is 8.64. The first kappa shape index (κ1) is 17.5. The highest BCUT2D eigenvalue weighted by Crippen LogP contribution is 2.49. The van der Waals surface area contributed by atoms with Crippen molar-refractivity contribution in [1.82, 2.24) is 4.98 Å². The Hall–Kier alpha value is -2.89. The van der Waals surface area contributed by atoms with Gasteiger partial charge in [0.1, 0.15) is 11.6 Å². The Bertz CT molecular complexity index is 1050. The average molecular weight is 370 g/mol. The highest BCUT2D eigenvalue weighted by atomic mass is 19.3. The molecule has 1 heterocycles. The van der Waals surface area contributed by atoms with Crippen LogP contribution in [0.3, 0.4) is 0 Å². The third-order valence-corrected chi connectivity index (χ3v) is 4.89. The maximum absolute atomic E-state index is 13.6. The van der Waals surface area contributed by atoms with E-state index in [2.05, 4.69) is 10.3 Å². The van der Waals surface area contributed by atoms with E-state index >= 15 is 0 Å². The lowest BCUT2D eigenvalue weighted by Gasteiger charge is -2.09. The average Bonchev–Trinajstić information content (AvgIpc) is 3.29. The molecule has 1 N–H and O–H groups in total. The van der Waals surface area contributed by atoms with Gasteiger partial charge in [-0.25, -0.2) is 18.2 Å². The van der Waals surface area contributed by atoms with Crippen LogP contribution in [-0.4, -0.2) is 23.2 Å². The molecule has 138 valence electrons. The molecular formula is C21H17F3N2O. The van der Waals surface area contributed by atoms with Gasteiger partial charge in [-0.3, -0.25) is 4.79 Å². The van der Waals surface area contributed by atoms with E-state index in [1.54, 1.807) is 18.3 Å². The molecule has 3 nitrogen and oxygen atoms in total. The fraction of sp³-hybridized carbons (Fsp3) is 0.238. The molecule has 0 spiro atoms.